The Hall–Kier alpha value is -1.89. The van der Waals surface area contributed by atoms with Crippen molar-refractivity contribution >= 4 is 5.78 Å². The van der Waals surface area contributed by atoms with Crippen LogP contribution in [0, 0.1) is 0 Å². The lowest BCUT2D eigenvalue weighted by atomic mass is 9.88. The zero-order chi connectivity index (χ0) is 14.9. The molecule has 0 heterocycles. The predicted molar refractivity (Wildman–Crippen MR) is 88.5 cm³/mol. The molecule has 0 saturated carbocycles. The molecule has 0 aliphatic heterocycles. The Labute approximate surface area is 128 Å². The molecule has 0 aliphatic carbocycles. The van der Waals surface area contributed by atoms with E-state index in [4.69, 9.17) is 0 Å². The van der Waals surface area contributed by atoms with Crippen molar-refractivity contribution in [1.82, 2.24) is 0 Å². The van der Waals surface area contributed by atoms with Crippen LogP contribution in [0.25, 0.3) is 0 Å². The van der Waals surface area contributed by atoms with Gasteiger partial charge in [0, 0.05) is 12.3 Å². The van der Waals surface area contributed by atoms with Crippen LogP contribution in [0.5, 0.6) is 0 Å². The summed E-state index contributed by atoms with van der Waals surface area (Å²) in [7, 11) is 0. The highest BCUT2D eigenvalue weighted by Crippen LogP contribution is 2.24. The van der Waals surface area contributed by atoms with Crippen molar-refractivity contribution in [1.29, 1.82) is 0 Å². The van der Waals surface area contributed by atoms with E-state index >= 15 is 0 Å². The Balaban J connectivity index is 1.90. The molecule has 0 amide bonds. The Morgan fingerprint density at radius 3 is 2.19 bits per heavy atom. The van der Waals surface area contributed by atoms with Crippen LogP contribution in [0.2, 0.25) is 0 Å². The zero-order valence-corrected chi connectivity index (χ0v) is 12.8. The fourth-order valence-electron chi connectivity index (χ4n) is 2.77. The van der Waals surface area contributed by atoms with Crippen molar-refractivity contribution in [3.05, 3.63) is 71.8 Å². The van der Waals surface area contributed by atoms with E-state index in [0.717, 1.165) is 25.7 Å². The maximum Gasteiger partial charge on any atom is 0.140 e. The molecule has 0 aromatic heterocycles. The van der Waals surface area contributed by atoms with Gasteiger partial charge in [0.1, 0.15) is 5.78 Å². The quantitative estimate of drug-likeness (QED) is 0.652. The van der Waals surface area contributed by atoms with E-state index in [0.29, 0.717) is 12.2 Å². The minimum Gasteiger partial charge on any atom is -0.299 e. The van der Waals surface area contributed by atoms with E-state index in [2.05, 4.69) is 43.3 Å². The maximum absolute atomic E-state index is 12.5. The molecule has 1 nitrogen and oxygen atoms in total. The number of Topliss-reactive ketones (excluding diaryl/α,β-unsaturated/α-hetero) is 1. The average Bonchev–Trinajstić information content (AvgIpc) is 2.54. The van der Waals surface area contributed by atoms with Gasteiger partial charge in [-0.25, -0.2) is 0 Å². The standard InChI is InChI=1S/C20H24O/c1-2-10-19(18-14-7-4-8-15-18)20(21)16-9-13-17-11-5-3-6-12-17/h3-8,11-12,14-15,19H,2,9-10,13,16H2,1H3. The summed E-state index contributed by atoms with van der Waals surface area (Å²) in [4.78, 5) is 12.5. The second-order valence-electron chi connectivity index (χ2n) is 5.56. The van der Waals surface area contributed by atoms with Crippen molar-refractivity contribution < 1.29 is 4.79 Å². The number of ketones is 1. The molecule has 0 aliphatic rings. The lowest BCUT2D eigenvalue weighted by Gasteiger charge is -2.15. The zero-order valence-electron chi connectivity index (χ0n) is 12.8. The number of hydrogen-bond acceptors (Lipinski definition) is 1. The van der Waals surface area contributed by atoms with Crippen LogP contribution in [0.3, 0.4) is 0 Å². The number of carbonyl (C=O) groups excluding carboxylic acids is 1. The van der Waals surface area contributed by atoms with Gasteiger partial charge in [0.2, 0.25) is 0 Å². The highest BCUT2D eigenvalue weighted by atomic mass is 16.1. The van der Waals surface area contributed by atoms with E-state index in [1.807, 2.05) is 24.3 Å². The van der Waals surface area contributed by atoms with Gasteiger partial charge in [0.05, 0.1) is 0 Å². The first kappa shape index (κ1) is 15.5. The summed E-state index contributed by atoms with van der Waals surface area (Å²) in [5.74, 6) is 0.464. The summed E-state index contributed by atoms with van der Waals surface area (Å²) in [5, 5.41) is 0. The molecule has 0 fully saturated rings. The predicted octanol–water partition coefficient (Wildman–Crippen LogP) is 5.16. The van der Waals surface area contributed by atoms with E-state index in [1.54, 1.807) is 0 Å². The summed E-state index contributed by atoms with van der Waals surface area (Å²) in [6, 6.07) is 20.6. The highest BCUT2D eigenvalue weighted by Gasteiger charge is 2.18. The van der Waals surface area contributed by atoms with Crippen LogP contribution in [0.15, 0.2) is 60.7 Å². The molecule has 21 heavy (non-hydrogen) atoms. The summed E-state index contributed by atoms with van der Waals surface area (Å²) in [6.45, 7) is 2.15. The fraction of sp³-hybridized carbons (Fsp3) is 0.350. The number of rotatable bonds is 8. The van der Waals surface area contributed by atoms with Gasteiger partial charge in [-0.15, -0.1) is 0 Å². The Bertz CT molecular complexity index is 530. The molecule has 0 spiro atoms. The van der Waals surface area contributed by atoms with Crippen molar-refractivity contribution in [2.24, 2.45) is 0 Å². The maximum atomic E-state index is 12.5. The lowest BCUT2D eigenvalue weighted by Crippen LogP contribution is -2.12. The Morgan fingerprint density at radius 1 is 0.952 bits per heavy atom. The number of aryl methyl sites for hydroxylation is 1. The second kappa shape index (κ2) is 8.41. The third-order valence-corrected chi connectivity index (χ3v) is 3.90. The average molecular weight is 280 g/mol. The summed E-state index contributed by atoms with van der Waals surface area (Å²) < 4.78 is 0. The summed E-state index contributed by atoms with van der Waals surface area (Å²) >= 11 is 0. The molecule has 110 valence electrons. The van der Waals surface area contributed by atoms with Crippen molar-refractivity contribution in [3.8, 4) is 0 Å². The smallest absolute Gasteiger partial charge is 0.140 e. The van der Waals surface area contributed by atoms with Crippen molar-refractivity contribution in [2.45, 2.75) is 44.9 Å². The molecule has 0 saturated heterocycles. The van der Waals surface area contributed by atoms with Gasteiger partial charge in [0.25, 0.3) is 0 Å². The van der Waals surface area contributed by atoms with Gasteiger partial charge in [-0.3, -0.25) is 4.79 Å². The van der Waals surface area contributed by atoms with Gasteiger partial charge >= 0.3 is 0 Å². The lowest BCUT2D eigenvalue weighted by molar-refractivity contribution is -0.120. The molecule has 0 bridgehead atoms. The van der Waals surface area contributed by atoms with E-state index in [1.165, 1.54) is 11.1 Å². The minimum absolute atomic E-state index is 0.0759. The molecule has 2 aromatic carbocycles. The van der Waals surface area contributed by atoms with Crippen molar-refractivity contribution in [3.63, 3.8) is 0 Å². The number of benzene rings is 2. The molecule has 1 atom stereocenters. The van der Waals surface area contributed by atoms with E-state index < -0.39 is 0 Å². The third-order valence-electron chi connectivity index (χ3n) is 3.90. The van der Waals surface area contributed by atoms with Gasteiger partial charge in [-0.1, -0.05) is 74.0 Å². The minimum atomic E-state index is 0.0759. The first-order valence-corrected chi connectivity index (χ1v) is 7.93. The van der Waals surface area contributed by atoms with Gasteiger partial charge < -0.3 is 0 Å². The molecule has 1 heteroatoms. The molecule has 2 aromatic rings. The SMILES string of the molecule is CCCC(C(=O)CCCc1ccccc1)c1ccccc1. The first-order valence-electron chi connectivity index (χ1n) is 7.93. The van der Waals surface area contributed by atoms with Crippen molar-refractivity contribution in [2.75, 3.05) is 0 Å². The van der Waals surface area contributed by atoms with Crippen LogP contribution in [0.1, 0.15) is 49.7 Å². The van der Waals surface area contributed by atoms with Crippen LogP contribution in [-0.4, -0.2) is 5.78 Å². The molecular weight excluding hydrogens is 256 g/mol. The molecule has 2 rings (SSSR count). The van der Waals surface area contributed by atoms with E-state index in [9.17, 15) is 4.79 Å². The number of hydrogen-bond donors (Lipinski definition) is 0. The molecular formula is C20H24O. The van der Waals surface area contributed by atoms with Gasteiger partial charge in [0.15, 0.2) is 0 Å². The monoisotopic (exact) mass is 280 g/mol. The number of carbonyl (C=O) groups is 1. The molecule has 0 radical (unpaired) electrons. The molecule has 0 N–H and O–H groups in total. The topological polar surface area (TPSA) is 17.1 Å². The molecule has 1 unspecified atom stereocenters. The van der Waals surface area contributed by atoms with Crippen LogP contribution in [0.4, 0.5) is 0 Å². The largest absolute Gasteiger partial charge is 0.299 e. The summed E-state index contributed by atoms with van der Waals surface area (Å²) in [6.07, 6.45) is 4.60. The van der Waals surface area contributed by atoms with E-state index in [-0.39, 0.29) is 5.92 Å². The van der Waals surface area contributed by atoms with Gasteiger partial charge in [-0.05, 0) is 30.4 Å². The highest BCUT2D eigenvalue weighted by molar-refractivity contribution is 5.85. The second-order valence-corrected chi connectivity index (χ2v) is 5.56. The van der Waals surface area contributed by atoms with Crippen LogP contribution >= 0.6 is 0 Å². The van der Waals surface area contributed by atoms with Crippen LogP contribution in [-0.2, 0) is 11.2 Å². The van der Waals surface area contributed by atoms with Crippen LogP contribution < -0.4 is 0 Å². The normalized spacial score (nSPS) is 12.0. The third kappa shape index (κ3) is 4.86. The fourth-order valence-corrected chi connectivity index (χ4v) is 2.77. The first-order chi connectivity index (χ1) is 10.3. The Kier molecular flexibility index (Phi) is 6.21. The summed E-state index contributed by atoms with van der Waals surface area (Å²) in [5.41, 5.74) is 2.49. The Morgan fingerprint density at radius 2 is 1.57 bits per heavy atom. The van der Waals surface area contributed by atoms with Gasteiger partial charge in [-0.2, -0.15) is 0 Å².